The number of nitrogens with two attached hydrogens (primary N) is 1. The van der Waals surface area contributed by atoms with E-state index < -0.39 is 10.0 Å². The molecule has 0 radical (unpaired) electrons. The molecule has 10 heteroatoms. The maximum Gasteiger partial charge on any atom is 0.246 e. The summed E-state index contributed by atoms with van der Waals surface area (Å²) in [6.07, 6.45) is 0. The van der Waals surface area contributed by atoms with Crippen molar-refractivity contribution in [1.29, 1.82) is 0 Å². The SMILES string of the molecule is CN(C)S(=O)(=O)c1c(Cl)c(Cl)cc2[nH]c(C(N)=S)nc12. The second-order valence-corrected chi connectivity index (χ2v) is 7.45. The third-order valence-electron chi connectivity index (χ3n) is 2.60. The van der Waals surface area contributed by atoms with Gasteiger partial charge in [-0.3, -0.25) is 0 Å². The fourth-order valence-corrected chi connectivity index (χ4v) is 3.50. The molecule has 0 aliphatic rings. The number of imidazole rings is 1. The third-order valence-corrected chi connectivity index (χ3v) is 5.57. The number of fused-ring (bicyclic) bond motifs is 1. The van der Waals surface area contributed by atoms with Crippen LogP contribution in [0.4, 0.5) is 0 Å². The van der Waals surface area contributed by atoms with Crippen LogP contribution >= 0.6 is 35.4 Å². The number of benzene rings is 1. The van der Waals surface area contributed by atoms with Gasteiger partial charge in [-0.1, -0.05) is 35.4 Å². The van der Waals surface area contributed by atoms with Crippen molar-refractivity contribution in [2.24, 2.45) is 5.73 Å². The van der Waals surface area contributed by atoms with Gasteiger partial charge in [0, 0.05) is 14.1 Å². The van der Waals surface area contributed by atoms with Crippen molar-refractivity contribution in [2.75, 3.05) is 14.1 Å². The minimum Gasteiger partial charge on any atom is -0.387 e. The first-order valence-corrected chi connectivity index (χ1v) is 7.86. The van der Waals surface area contributed by atoms with Gasteiger partial charge in [-0.05, 0) is 6.07 Å². The highest BCUT2D eigenvalue weighted by Crippen LogP contribution is 2.36. The van der Waals surface area contributed by atoms with Crippen molar-refractivity contribution in [3.63, 3.8) is 0 Å². The first-order valence-electron chi connectivity index (χ1n) is 5.26. The van der Waals surface area contributed by atoms with Crippen molar-refractivity contribution in [3.05, 3.63) is 21.9 Å². The Balaban J connectivity index is 2.95. The van der Waals surface area contributed by atoms with Gasteiger partial charge in [0.25, 0.3) is 0 Å². The van der Waals surface area contributed by atoms with E-state index in [1.807, 2.05) is 0 Å². The van der Waals surface area contributed by atoms with Crippen LogP contribution in [-0.4, -0.2) is 41.8 Å². The first kappa shape index (κ1) is 15.5. The monoisotopic (exact) mass is 352 g/mol. The smallest absolute Gasteiger partial charge is 0.246 e. The molecule has 6 nitrogen and oxygen atoms in total. The Labute approximate surface area is 130 Å². The Bertz CT molecular complexity index is 814. The van der Waals surface area contributed by atoms with Crippen LogP contribution in [0.2, 0.25) is 10.0 Å². The summed E-state index contributed by atoms with van der Waals surface area (Å²) in [4.78, 5) is 6.74. The summed E-state index contributed by atoms with van der Waals surface area (Å²) in [5.74, 6) is 0.198. The standard InChI is InChI=1S/C10H10Cl2N4O2S2/c1-16(2)20(17,18)8-6(12)4(11)3-5-7(8)15-10(14-5)9(13)19/h3H,1-2H3,(H2,13,19)(H,14,15). The van der Waals surface area contributed by atoms with Gasteiger partial charge in [0.05, 0.1) is 15.6 Å². The number of thiocarbonyl (C=S) groups is 1. The zero-order valence-corrected chi connectivity index (χ0v) is 13.6. The summed E-state index contributed by atoms with van der Waals surface area (Å²) in [6, 6.07) is 1.47. The minimum atomic E-state index is -3.82. The zero-order valence-electron chi connectivity index (χ0n) is 10.4. The van der Waals surface area contributed by atoms with E-state index in [-0.39, 0.29) is 31.3 Å². The fourth-order valence-electron chi connectivity index (χ4n) is 1.60. The number of nitrogens with one attached hydrogen (secondary N) is 1. The number of nitrogens with zero attached hydrogens (tertiary/aromatic N) is 2. The van der Waals surface area contributed by atoms with E-state index in [2.05, 4.69) is 9.97 Å². The van der Waals surface area contributed by atoms with Crippen molar-refractivity contribution in [2.45, 2.75) is 4.90 Å². The van der Waals surface area contributed by atoms with E-state index >= 15 is 0 Å². The van der Waals surface area contributed by atoms with Crippen LogP contribution < -0.4 is 5.73 Å². The van der Waals surface area contributed by atoms with Crippen molar-refractivity contribution >= 4 is 61.5 Å². The van der Waals surface area contributed by atoms with Crippen LogP contribution in [0, 0.1) is 0 Å². The molecule has 0 aliphatic heterocycles. The van der Waals surface area contributed by atoms with E-state index in [0.717, 1.165) is 4.31 Å². The molecule has 3 N–H and O–H groups in total. The lowest BCUT2D eigenvalue weighted by Gasteiger charge is -2.13. The maximum absolute atomic E-state index is 12.4. The summed E-state index contributed by atoms with van der Waals surface area (Å²) < 4.78 is 25.8. The van der Waals surface area contributed by atoms with E-state index in [1.54, 1.807) is 0 Å². The number of rotatable bonds is 3. The van der Waals surface area contributed by atoms with Crippen LogP contribution in [0.3, 0.4) is 0 Å². The molecule has 0 bridgehead atoms. The lowest BCUT2D eigenvalue weighted by Crippen LogP contribution is -2.23. The molecule has 0 amide bonds. The molecular weight excluding hydrogens is 343 g/mol. The van der Waals surface area contributed by atoms with Gasteiger partial charge in [-0.15, -0.1) is 0 Å². The number of hydrogen-bond donors (Lipinski definition) is 2. The van der Waals surface area contributed by atoms with E-state index in [9.17, 15) is 8.42 Å². The third kappa shape index (κ3) is 2.38. The quantitative estimate of drug-likeness (QED) is 0.821. The number of halogens is 2. The molecule has 0 atom stereocenters. The Hall–Kier alpha value is -0.930. The topological polar surface area (TPSA) is 92.1 Å². The highest BCUT2D eigenvalue weighted by Gasteiger charge is 2.28. The number of sulfonamides is 1. The molecule has 0 aliphatic carbocycles. The summed E-state index contributed by atoms with van der Waals surface area (Å²) in [5, 5.41) is 0.00610. The predicted octanol–water partition coefficient (Wildman–Crippen LogP) is 1.75. The number of H-pyrrole nitrogens is 1. The van der Waals surface area contributed by atoms with Gasteiger partial charge in [-0.25, -0.2) is 17.7 Å². The van der Waals surface area contributed by atoms with Crippen molar-refractivity contribution < 1.29 is 8.42 Å². The average Bonchev–Trinajstić information content (AvgIpc) is 2.73. The molecule has 2 rings (SSSR count). The second-order valence-electron chi connectivity index (χ2n) is 4.13. The molecule has 1 aromatic heterocycles. The van der Waals surface area contributed by atoms with Gasteiger partial charge < -0.3 is 10.7 Å². The second kappa shape index (κ2) is 5.12. The number of hydrogen-bond acceptors (Lipinski definition) is 4. The normalized spacial score (nSPS) is 12.2. The molecule has 0 unspecified atom stereocenters. The zero-order chi connectivity index (χ0) is 15.2. The molecule has 1 aromatic carbocycles. The Kier molecular flexibility index (Phi) is 3.96. The van der Waals surface area contributed by atoms with Gasteiger partial charge in [-0.2, -0.15) is 0 Å². The van der Waals surface area contributed by atoms with Crippen LogP contribution in [-0.2, 0) is 10.0 Å². The summed E-state index contributed by atoms with van der Waals surface area (Å²) >= 11 is 16.8. The molecule has 1 heterocycles. The molecule has 0 fully saturated rings. The summed E-state index contributed by atoms with van der Waals surface area (Å²) in [7, 11) is -1.04. The van der Waals surface area contributed by atoms with Gasteiger partial charge >= 0.3 is 0 Å². The number of aromatic nitrogens is 2. The van der Waals surface area contributed by atoms with Gasteiger partial charge in [0.2, 0.25) is 10.0 Å². The average molecular weight is 353 g/mol. The molecule has 0 saturated carbocycles. The fraction of sp³-hybridized carbons (Fsp3) is 0.200. The molecule has 2 aromatic rings. The largest absolute Gasteiger partial charge is 0.387 e. The first-order chi connectivity index (χ1) is 9.16. The molecule has 20 heavy (non-hydrogen) atoms. The minimum absolute atomic E-state index is 0.0154. The van der Waals surface area contributed by atoms with E-state index in [4.69, 9.17) is 41.2 Å². The van der Waals surface area contributed by atoms with E-state index in [0.29, 0.717) is 5.52 Å². The van der Waals surface area contributed by atoms with Crippen molar-refractivity contribution in [1.82, 2.24) is 14.3 Å². The highest BCUT2D eigenvalue weighted by atomic mass is 35.5. The van der Waals surface area contributed by atoms with Crippen LogP contribution in [0.1, 0.15) is 5.82 Å². The van der Waals surface area contributed by atoms with Crippen LogP contribution in [0.5, 0.6) is 0 Å². The molecular formula is C10H10Cl2N4O2S2. The lowest BCUT2D eigenvalue weighted by atomic mass is 10.3. The van der Waals surface area contributed by atoms with Gasteiger partial charge in [0.1, 0.15) is 15.4 Å². The Morgan fingerprint density at radius 3 is 2.55 bits per heavy atom. The summed E-state index contributed by atoms with van der Waals surface area (Å²) in [5.41, 5.74) is 6.02. The molecule has 108 valence electrons. The highest BCUT2D eigenvalue weighted by molar-refractivity contribution is 7.89. The lowest BCUT2D eigenvalue weighted by molar-refractivity contribution is 0.521. The Morgan fingerprint density at radius 1 is 1.45 bits per heavy atom. The van der Waals surface area contributed by atoms with Crippen molar-refractivity contribution in [3.8, 4) is 0 Å². The maximum atomic E-state index is 12.4. The molecule has 0 spiro atoms. The predicted molar refractivity (Wildman–Crippen MR) is 82.9 cm³/mol. The number of aromatic amines is 1. The van der Waals surface area contributed by atoms with Gasteiger partial charge in [0.15, 0.2) is 5.82 Å². The summed E-state index contributed by atoms with van der Waals surface area (Å²) in [6.45, 7) is 0. The Morgan fingerprint density at radius 2 is 2.05 bits per heavy atom. The molecule has 0 saturated heterocycles. The van der Waals surface area contributed by atoms with Crippen LogP contribution in [0.25, 0.3) is 11.0 Å². The van der Waals surface area contributed by atoms with Crippen LogP contribution in [0.15, 0.2) is 11.0 Å². The van der Waals surface area contributed by atoms with E-state index in [1.165, 1.54) is 20.2 Å².